The zero-order valence-electron chi connectivity index (χ0n) is 10.4. The van der Waals surface area contributed by atoms with Crippen LogP contribution in [-0.2, 0) is 11.2 Å². The van der Waals surface area contributed by atoms with E-state index in [1.165, 1.54) is 0 Å². The summed E-state index contributed by atoms with van der Waals surface area (Å²) in [5, 5.41) is 12.2. The number of nitrogens with two attached hydrogens (primary N) is 1. The highest BCUT2D eigenvalue weighted by molar-refractivity contribution is 5.78. The van der Waals surface area contributed by atoms with Crippen LogP contribution in [0.4, 0.5) is 0 Å². The zero-order chi connectivity index (χ0) is 13.0. The summed E-state index contributed by atoms with van der Waals surface area (Å²) in [5.41, 5.74) is 6.74. The van der Waals surface area contributed by atoms with Crippen molar-refractivity contribution in [1.29, 1.82) is 0 Å². The fourth-order valence-electron chi connectivity index (χ4n) is 2.34. The molecule has 0 saturated heterocycles. The molecule has 0 aromatic heterocycles. The molecule has 0 heterocycles. The van der Waals surface area contributed by atoms with Crippen molar-refractivity contribution in [1.82, 2.24) is 5.32 Å². The third kappa shape index (κ3) is 3.74. The second-order valence-corrected chi connectivity index (χ2v) is 5.02. The van der Waals surface area contributed by atoms with Gasteiger partial charge in [-0.15, -0.1) is 0 Å². The first-order valence-corrected chi connectivity index (χ1v) is 6.46. The highest BCUT2D eigenvalue weighted by atomic mass is 16.3. The number of hydrogen-bond donors (Lipinski definition) is 3. The Kier molecular flexibility index (Phi) is 4.20. The summed E-state index contributed by atoms with van der Waals surface area (Å²) in [4.78, 5) is 11.8. The zero-order valence-corrected chi connectivity index (χ0v) is 10.4. The molecule has 0 radical (unpaired) electrons. The maximum atomic E-state index is 11.8. The van der Waals surface area contributed by atoms with Crippen molar-refractivity contribution < 1.29 is 9.90 Å². The number of phenolic OH excluding ortho intramolecular Hbond substituents is 1. The Balaban J connectivity index is 1.80. The number of rotatable bonds is 3. The first kappa shape index (κ1) is 12.9. The molecule has 4 N–H and O–H groups in total. The lowest BCUT2D eigenvalue weighted by Crippen LogP contribution is -2.41. The Bertz CT molecular complexity index is 395. The minimum atomic E-state index is 0.0427. The maximum absolute atomic E-state index is 11.8. The van der Waals surface area contributed by atoms with Gasteiger partial charge in [0, 0.05) is 12.1 Å². The van der Waals surface area contributed by atoms with E-state index in [9.17, 15) is 4.79 Å². The van der Waals surface area contributed by atoms with Crippen LogP contribution in [0.3, 0.4) is 0 Å². The fourth-order valence-corrected chi connectivity index (χ4v) is 2.34. The van der Waals surface area contributed by atoms with E-state index >= 15 is 0 Å². The van der Waals surface area contributed by atoms with Gasteiger partial charge < -0.3 is 16.2 Å². The molecule has 0 aliphatic heterocycles. The smallest absolute Gasteiger partial charge is 0.224 e. The summed E-state index contributed by atoms with van der Waals surface area (Å²) in [7, 11) is 0. The van der Waals surface area contributed by atoms with Crippen LogP contribution in [0.25, 0.3) is 0 Å². The molecular formula is C14H20N2O2. The quantitative estimate of drug-likeness (QED) is 0.755. The minimum absolute atomic E-state index is 0.0427. The summed E-state index contributed by atoms with van der Waals surface area (Å²) in [6.07, 6.45) is 4.29. The fraction of sp³-hybridized carbons (Fsp3) is 0.500. The average molecular weight is 248 g/mol. The van der Waals surface area contributed by atoms with Crippen LogP contribution < -0.4 is 11.1 Å². The van der Waals surface area contributed by atoms with Crippen molar-refractivity contribution in [3.8, 4) is 5.75 Å². The first-order valence-electron chi connectivity index (χ1n) is 6.46. The Labute approximate surface area is 107 Å². The normalized spacial score (nSPS) is 23.6. The van der Waals surface area contributed by atoms with Crippen molar-refractivity contribution in [3.63, 3.8) is 0 Å². The van der Waals surface area contributed by atoms with Crippen molar-refractivity contribution >= 4 is 5.91 Å². The number of amides is 1. The van der Waals surface area contributed by atoms with Crippen LogP contribution in [0.15, 0.2) is 24.3 Å². The topological polar surface area (TPSA) is 75.3 Å². The molecule has 98 valence electrons. The summed E-state index contributed by atoms with van der Waals surface area (Å²) in [6.45, 7) is 0. The van der Waals surface area contributed by atoms with Crippen molar-refractivity contribution in [3.05, 3.63) is 29.8 Å². The molecule has 2 rings (SSSR count). The van der Waals surface area contributed by atoms with E-state index in [2.05, 4.69) is 5.32 Å². The number of benzene rings is 1. The predicted octanol–water partition coefficient (Wildman–Crippen LogP) is 1.32. The molecule has 1 fully saturated rings. The van der Waals surface area contributed by atoms with Crippen molar-refractivity contribution in [2.24, 2.45) is 5.73 Å². The van der Waals surface area contributed by atoms with Gasteiger partial charge in [-0.2, -0.15) is 0 Å². The van der Waals surface area contributed by atoms with Crippen LogP contribution in [0.5, 0.6) is 5.75 Å². The van der Waals surface area contributed by atoms with E-state index in [0.717, 1.165) is 31.2 Å². The molecule has 1 aliphatic rings. The average Bonchev–Trinajstić information content (AvgIpc) is 2.35. The van der Waals surface area contributed by atoms with Crippen LogP contribution in [0.1, 0.15) is 31.2 Å². The van der Waals surface area contributed by atoms with Crippen molar-refractivity contribution in [2.45, 2.75) is 44.2 Å². The van der Waals surface area contributed by atoms with E-state index < -0.39 is 0 Å². The van der Waals surface area contributed by atoms with Crippen LogP contribution in [0, 0.1) is 0 Å². The maximum Gasteiger partial charge on any atom is 0.224 e. The highest BCUT2D eigenvalue weighted by Gasteiger charge is 2.19. The summed E-state index contributed by atoms with van der Waals surface area (Å²) < 4.78 is 0. The number of carbonyl (C=O) groups is 1. The number of hydrogen-bond acceptors (Lipinski definition) is 3. The molecule has 0 atom stereocenters. The standard InChI is InChI=1S/C14H20N2O2/c15-11-3-5-12(6-4-11)16-14(18)9-10-1-7-13(17)8-2-10/h1-2,7-8,11-12,17H,3-6,9,15H2,(H,16,18). The Hall–Kier alpha value is -1.55. The monoisotopic (exact) mass is 248 g/mol. The number of phenols is 1. The van der Waals surface area contributed by atoms with E-state index in [1.807, 2.05) is 0 Å². The Morgan fingerprint density at radius 2 is 1.83 bits per heavy atom. The van der Waals surface area contributed by atoms with E-state index in [1.54, 1.807) is 24.3 Å². The van der Waals surface area contributed by atoms with Gasteiger partial charge in [0.1, 0.15) is 5.75 Å². The number of carbonyl (C=O) groups excluding carboxylic acids is 1. The van der Waals surface area contributed by atoms with Gasteiger partial charge in [0.2, 0.25) is 5.91 Å². The molecule has 0 spiro atoms. The summed E-state index contributed by atoms with van der Waals surface area (Å²) in [5.74, 6) is 0.265. The molecular weight excluding hydrogens is 228 g/mol. The van der Waals surface area contributed by atoms with Gasteiger partial charge in [-0.25, -0.2) is 0 Å². The molecule has 1 saturated carbocycles. The van der Waals surface area contributed by atoms with Gasteiger partial charge in [-0.1, -0.05) is 12.1 Å². The number of aromatic hydroxyl groups is 1. The molecule has 1 aromatic rings. The first-order chi connectivity index (χ1) is 8.63. The Morgan fingerprint density at radius 3 is 2.44 bits per heavy atom. The van der Waals surface area contributed by atoms with E-state index in [-0.39, 0.29) is 17.7 Å². The highest BCUT2D eigenvalue weighted by Crippen LogP contribution is 2.17. The van der Waals surface area contributed by atoms with E-state index in [4.69, 9.17) is 10.8 Å². The van der Waals surface area contributed by atoms with Gasteiger partial charge in [0.05, 0.1) is 6.42 Å². The van der Waals surface area contributed by atoms with Gasteiger partial charge in [0.25, 0.3) is 0 Å². The van der Waals surface area contributed by atoms with Crippen LogP contribution in [-0.4, -0.2) is 23.1 Å². The lowest BCUT2D eigenvalue weighted by Gasteiger charge is -2.26. The summed E-state index contributed by atoms with van der Waals surface area (Å²) >= 11 is 0. The van der Waals surface area contributed by atoms with Gasteiger partial charge in [-0.05, 0) is 43.4 Å². The molecule has 1 aromatic carbocycles. The van der Waals surface area contributed by atoms with Gasteiger partial charge in [0.15, 0.2) is 0 Å². The molecule has 1 amide bonds. The molecule has 4 heteroatoms. The summed E-state index contributed by atoms with van der Waals surface area (Å²) in [6, 6.07) is 7.31. The van der Waals surface area contributed by atoms with Crippen LogP contribution >= 0.6 is 0 Å². The lowest BCUT2D eigenvalue weighted by molar-refractivity contribution is -0.121. The van der Waals surface area contributed by atoms with Gasteiger partial charge in [-0.3, -0.25) is 4.79 Å². The molecule has 4 nitrogen and oxygen atoms in total. The third-order valence-corrected chi connectivity index (χ3v) is 3.44. The van der Waals surface area contributed by atoms with Gasteiger partial charge >= 0.3 is 0 Å². The van der Waals surface area contributed by atoms with Crippen LogP contribution in [0.2, 0.25) is 0 Å². The third-order valence-electron chi connectivity index (χ3n) is 3.44. The molecule has 1 aliphatic carbocycles. The SMILES string of the molecule is NC1CCC(NC(=O)Cc2ccc(O)cc2)CC1. The molecule has 18 heavy (non-hydrogen) atoms. The largest absolute Gasteiger partial charge is 0.508 e. The van der Waals surface area contributed by atoms with Crippen molar-refractivity contribution in [2.75, 3.05) is 0 Å². The second-order valence-electron chi connectivity index (χ2n) is 5.02. The van der Waals surface area contributed by atoms with E-state index in [0.29, 0.717) is 12.5 Å². The minimum Gasteiger partial charge on any atom is -0.508 e. The second kappa shape index (κ2) is 5.87. The molecule has 0 unspecified atom stereocenters. The predicted molar refractivity (Wildman–Crippen MR) is 70.2 cm³/mol. The lowest BCUT2D eigenvalue weighted by atomic mass is 9.91. The Morgan fingerprint density at radius 1 is 1.22 bits per heavy atom. The molecule has 0 bridgehead atoms. The number of nitrogens with one attached hydrogen (secondary N) is 1.